The number of nitrogens with zero attached hydrogens (tertiary/aromatic N) is 6. The van der Waals surface area contributed by atoms with E-state index < -0.39 is 0 Å². The number of benzene rings is 8. The van der Waals surface area contributed by atoms with Crippen LogP contribution in [-0.2, 0) is 83.7 Å². The molecule has 0 atom stereocenters. The minimum absolute atomic E-state index is 0.565. The lowest BCUT2D eigenvalue weighted by Crippen LogP contribution is -2.02. The minimum Gasteiger partial charge on any atom is -0.383 e. The Labute approximate surface area is 808 Å². The lowest BCUT2D eigenvalue weighted by Gasteiger charge is -2.11. The predicted octanol–water partition coefficient (Wildman–Crippen LogP) is 25.4. The number of hydrogen-bond donors (Lipinski definition) is 12. The molecule has 0 spiro atoms. The van der Waals surface area contributed by atoms with Crippen LogP contribution in [0.15, 0.2) is 194 Å². The summed E-state index contributed by atoms with van der Waals surface area (Å²) in [6.45, 7) is 17.5. The molecule has 14 rings (SSSR count). The molecule has 0 saturated heterocycles. The number of aryl methyl sites for hydroxylation is 10. The summed E-state index contributed by atoms with van der Waals surface area (Å²) in [6, 6.07) is 68.3. The normalized spacial score (nSPS) is 11.1. The highest BCUT2D eigenvalue weighted by atomic mass is 14.9. The lowest BCUT2D eigenvalue weighted by molar-refractivity contribution is 0.648. The van der Waals surface area contributed by atoms with Crippen LogP contribution in [0.2, 0.25) is 0 Å². The number of anilines is 6. The van der Waals surface area contributed by atoms with E-state index in [1.165, 1.54) is 239 Å². The quantitative estimate of drug-likeness (QED) is 0.0158. The third kappa shape index (κ3) is 34.2. The van der Waals surface area contributed by atoms with E-state index in [1.807, 2.05) is 30.3 Å². The van der Waals surface area contributed by atoms with Crippen molar-refractivity contribution in [1.29, 1.82) is 0 Å². The van der Waals surface area contributed by atoms with Crippen molar-refractivity contribution in [2.24, 2.45) is 34.4 Å². The van der Waals surface area contributed by atoms with Gasteiger partial charge in [0.2, 0.25) is 0 Å². The highest BCUT2D eigenvalue weighted by Crippen LogP contribution is 2.35. The van der Waals surface area contributed by atoms with Gasteiger partial charge in [0.25, 0.3) is 0 Å². The summed E-state index contributed by atoms with van der Waals surface area (Å²) < 4.78 is 0. The Bertz CT molecular complexity index is 5830. The van der Waals surface area contributed by atoms with Gasteiger partial charge in [0.05, 0.1) is 33.1 Å². The molecule has 722 valence electrons. The van der Waals surface area contributed by atoms with Gasteiger partial charge in [-0.15, -0.1) is 0 Å². The zero-order valence-electron chi connectivity index (χ0n) is 82.9. The van der Waals surface area contributed by atoms with Crippen LogP contribution in [0.5, 0.6) is 0 Å². The third-order valence-corrected chi connectivity index (χ3v) is 25.8. The van der Waals surface area contributed by atoms with E-state index in [9.17, 15) is 0 Å². The highest BCUT2D eigenvalue weighted by Gasteiger charge is 2.17. The van der Waals surface area contributed by atoms with E-state index in [4.69, 9.17) is 68.8 Å². The fraction of sp³-hybridized carbons (Fsp3) is 0.436. The molecule has 0 amide bonds. The molecule has 0 radical (unpaired) electrons. The van der Waals surface area contributed by atoms with Gasteiger partial charge in [0.15, 0.2) is 0 Å². The monoisotopic (exact) mass is 1820 g/mol. The zero-order chi connectivity index (χ0) is 96.3. The van der Waals surface area contributed by atoms with Gasteiger partial charge in [0.1, 0.15) is 34.9 Å². The number of unbranched alkanes of at least 4 members (excludes halogenated alkanes) is 18. The van der Waals surface area contributed by atoms with E-state index in [-0.39, 0.29) is 0 Å². The molecule has 6 heterocycles. The van der Waals surface area contributed by atoms with Crippen molar-refractivity contribution in [2.45, 2.75) is 305 Å². The van der Waals surface area contributed by atoms with Gasteiger partial charge in [-0.25, -0.2) is 29.9 Å². The van der Waals surface area contributed by atoms with Gasteiger partial charge in [0, 0.05) is 45.4 Å². The van der Waals surface area contributed by atoms with Crippen LogP contribution in [0.25, 0.3) is 76.5 Å². The second kappa shape index (κ2) is 60.3. The molecule has 18 nitrogen and oxygen atoms in total. The van der Waals surface area contributed by atoms with Gasteiger partial charge in [-0.1, -0.05) is 259 Å². The maximum absolute atomic E-state index is 6.18. The maximum atomic E-state index is 6.18. The summed E-state index contributed by atoms with van der Waals surface area (Å²) in [5.74, 6) is 4.11. The first kappa shape index (κ1) is 107. The molecule has 0 saturated carbocycles. The standard InChI is InChI=1S/C22H27N3.C21H25N3.C20H31N3.C19H29N3.C18H27N3.C17H25N3/c1-2-3-4-6-19-14-20-18(7-5-8-21(20)25-22(19)24)13-16-9-11-17(15-23)12-10-16;1-2-3-4-6-17-13-19-18(7-5-8-20(19)24-21(17)23)16-11-9-15(14-22)10-12-16;1-2-3-6-11-17-15-18-16(10-7-4-5-8-14-21)12-9-13-19(18)23-20(17)22;1-2-3-5-10-16-14-17-15(9-6-4-7-13-20)11-8-12-18(17)22-19(16)21;1-2-3-4-9-15-13-16-14(8-5-6-12-19)10-7-11-17(16)21-18(15)20;1-2-3-4-7-14-12-15-13(9-6-11-18)8-5-10-16(15)20-17(14)19/h5,7-12,14H,2-4,6,13,15,23H2,1H3,(H2,24,25);5,7-13H,2-4,6,14,22H2,1H3,(H2,23,24);9,12-13,15H,2-8,10-11,14,21H2,1H3,(H2,22,23);8,11-12,14H,2-7,9-10,13,20H2,1H3,(H2,21,22);7,10-11,13H,2-6,8-9,12,19H2,1H3,(H2,20,21);5,8,10,12H,2-4,6-7,9,11,18H2,1H3,(H2,19,20). The van der Waals surface area contributed by atoms with E-state index >= 15 is 0 Å². The molecule has 0 aliphatic rings. The van der Waals surface area contributed by atoms with Crippen LogP contribution in [0.3, 0.4) is 0 Å². The first-order valence-electron chi connectivity index (χ1n) is 51.4. The van der Waals surface area contributed by atoms with E-state index in [1.54, 1.807) is 0 Å². The molecule has 8 aromatic carbocycles. The fourth-order valence-electron chi connectivity index (χ4n) is 17.7. The molecule has 135 heavy (non-hydrogen) atoms. The summed E-state index contributed by atoms with van der Waals surface area (Å²) in [6.07, 6.45) is 44.6. The number of pyridine rings is 6. The molecule has 18 heteroatoms. The Morgan fingerprint density at radius 1 is 0.193 bits per heavy atom. The average molecular weight is 1820 g/mol. The van der Waals surface area contributed by atoms with Crippen molar-refractivity contribution in [3.63, 3.8) is 0 Å². The smallest absolute Gasteiger partial charge is 0.127 e. The second-order valence-corrected chi connectivity index (χ2v) is 36.5. The number of nitrogen functional groups attached to an aromatic ring is 6. The predicted molar refractivity (Wildman–Crippen MR) is 584 cm³/mol. The molecule has 24 N–H and O–H groups in total. The third-order valence-electron chi connectivity index (χ3n) is 25.8. The van der Waals surface area contributed by atoms with Crippen molar-refractivity contribution in [3.8, 4) is 11.1 Å². The highest BCUT2D eigenvalue weighted by molar-refractivity contribution is 5.96. The summed E-state index contributed by atoms with van der Waals surface area (Å²) in [4.78, 5) is 27.7. The Hall–Kier alpha value is -11.2. The molecule has 0 aliphatic carbocycles. The Morgan fingerprint density at radius 2 is 0.407 bits per heavy atom. The lowest BCUT2D eigenvalue weighted by atomic mass is 9.97. The Balaban J connectivity index is 0.000000182. The second-order valence-electron chi connectivity index (χ2n) is 36.5. The number of nitrogens with two attached hydrogens (primary N) is 12. The molecule has 6 aromatic heterocycles. The number of hydrogen-bond acceptors (Lipinski definition) is 18. The van der Waals surface area contributed by atoms with Gasteiger partial charge in [-0.2, -0.15) is 0 Å². The summed E-state index contributed by atoms with van der Waals surface area (Å²) in [5.41, 5.74) is 96.4. The topological polar surface area (TPSA) is 390 Å². The fourth-order valence-corrected chi connectivity index (χ4v) is 17.7. The van der Waals surface area contributed by atoms with Crippen molar-refractivity contribution < 1.29 is 0 Å². The number of fused-ring (bicyclic) bond motifs is 6. The van der Waals surface area contributed by atoms with Gasteiger partial charge in [-0.3, -0.25) is 0 Å². The maximum Gasteiger partial charge on any atom is 0.127 e. The SMILES string of the molecule is CCCCCc1cc2c(-c3ccc(CN)cc3)cccc2nc1N.CCCCCc1cc2c(CCCCCCN)cccc2nc1N.CCCCCc1cc2c(CCCCCN)cccc2nc1N.CCCCCc1cc2c(CCCCN)cccc2nc1N.CCCCCc1cc2c(CCCN)cccc2nc1N.CCCCCc1cc2c(Cc3ccc(CN)cc3)cccc2nc1N. The van der Waals surface area contributed by atoms with Crippen molar-refractivity contribution in [3.05, 3.63) is 272 Å². The molecular weight excluding hydrogens is 1660 g/mol. The first-order chi connectivity index (χ1) is 66.0. The molecular formula is C117H164N18. The zero-order valence-corrected chi connectivity index (χ0v) is 82.9. The molecule has 0 fully saturated rings. The molecule has 14 aromatic rings. The van der Waals surface area contributed by atoms with Crippen LogP contribution in [0, 0.1) is 0 Å². The van der Waals surface area contributed by atoms with Crippen LogP contribution < -0.4 is 68.8 Å². The van der Waals surface area contributed by atoms with Gasteiger partial charge >= 0.3 is 0 Å². The molecule has 0 unspecified atom stereocenters. The van der Waals surface area contributed by atoms with Crippen molar-refractivity contribution in [2.75, 3.05) is 60.6 Å². The average Bonchev–Trinajstić information content (AvgIpc) is 0.764. The minimum atomic E-state index is 0.565. The molecule has 0 bridgehead atoms. The first-order valence-corrected chi connectivity index (χ1v) is 51.4. The van der Waals surface area contributed by atoms with Gasteiger partial charge < -0.3 is 68.8 Å². The van der Waals surface area contributed by atoms with Crippen LogP contribution in [0.1, 0.15) is 299 Å². The van der Waals surface area contributed by atoms with Crippen LogP contribution in [-0.4, -0.2) is 56.1 Å². The van der Waals surface area contributed by atoms with Crippen molar-refractivity contribution in [1.82, 2.24) is 29.9 Å². The summed E-state index contributed by atoms with van der Waals surface area (Å²) in [7, 11) is 0. The van der Waals surface area contributed by atoms with Crippen LogP contribution in [0.4, 0.5) is 34.9 Å². The van der Waals surface area contributed by atoms with Crippen molar-refractivity contribution >= 4 is 100 Å². The largest absolute Gasteiger partial charge is 0.383 e. The number of aromatic nitrogens is 6. The van der Waals surface area contributed by atoms with Gasteiger partial charge in [-0.05, 0) is 342 Å². The summed E-state index contributed by atoms with van der Waals surface area (Å²) in [5, 5.41) is 7.43. The Morgan fingerprint density at radius 3 is 0.704 bits per heavy atom. The number of rotatable bonds is 47. The van der Waals surface area contributed by atoms with E-state index in [0.717, 1.165) is 192 Å². The van der Waals surface area contributed by atoms with E-state index in [0.29, 0.717) is 48.0 Å². The summed E-state index contributed by atoms with van der Waals surface area (Å²) >= 11 is 0. The van der Waals surface area contributed by atoms with Crippen LogP contribution >= 0.6 is 0 Å². The van der Waals surface area contributed by atoms with E-state index in [2.05, 4.69) is 235 Å². The molecule has 0 aliphatic heterocycles. The Kier molecular flexibility index (Phi) is 48.0.